The first kappa shape index (κ1) is 25.1. The van der Waals surface area contributed by atoms with Crippen molar-refractivity contribution in [1.29, 1.82) is 0 Å². The van der Waals surface area contributed by atoms with Gasteiger partial charge in [0.25, 0.3) is 5.91 Å². The number of rotatable bonds is 6. The van der Waals surface area contributed by atoms with Gasteiger partial charge in [0.05, 0.1) is 11.5 Å². The molecule has 33 heavy (non-hydrogen) atoms. The summed E-state index contributed by atoms with van der Waals surface area (Å²) in [5, 5.41) is 0. The second-order valence-electron chi connectivity index (χ2n) is 8.95. The highest BCUT2D eigenvalue weighted by Crippen LogP contribution is 2.26. The van der Waals surface area contributed by atoms with E-state index in [1.165, 1.54) is 33.5 Å². The van der Waals surface area contributed by atoms with Crippen molar-refractivity contribution < 1.29 is 37.0 Å². The van der Waals surface area contributed by atoms with Crippen LogP contribution in [0.1, 0.15) is 40.5 Å². The van der Waals surface area contributed by atoms with E-state index in [0.29, 0.717) is 18.8 Å². The molecule has 0 saturated carbocycles. The molecule has 1 amide bonds. The molecule has 2 aliphatic heterocycles. The zero-order chi connectivity index (χ0) is 24.4. The van der Waals surface area contributed by atoms with Crippen molar-refractivity contribution in [2.75, 3.05) is 31.1 Å². The van der Waals surface area contributed by atoms with Gasteiger partial charge in [0.1, 0.15) is 5.60 Å². The lowest BCUT2D eigenvalue weighted by molar-refractivity contribution is -0.188. The van der Waals surface area contributed by atoms with Crippen LogP contribution in [0.25, 0.3) is 0 Å². The average molecular weight is 483 g/mol. The summed E-state index contributed by atoms with van der Waals surface area (Å²) in [4.78, 5) is 38.9. The SMILES string of the molecule is CC(=O)O[C@@H](C(=O)OC(C)(C)C)[C@H]1OCCN(c2ccc(S(=O)(=O)N3CCCC3)cc2)C1=O. The number of morpholine rings is 1. The van der Waals surface area contributed by atoms with E-state index in [1.807, 2.05) is 0 Å². The van der Waals surface area contributed by atoms with Gasteiger partial charge < -0.3 is 19.1 Å². The topological polar surface area (TPSA) is 120 Å². The minimum absolute atomic E-state index is 0.0881. The third-order valence-electron chi connectivity index (χ3n) is 5.18. The molecule has 3 rings (SSSR count). The van der Waals surface area contributed by atoms with Gasteiger partial charge in [0, 0.05) is 32.2 Å². The Morgan fingerprint density at radius 2 is 1.70 bits per heavy atom. The standard InChI is InChI=1S/C22H30N2O8S/c1-15(25)31-19(21(27)32-22(2,3)4)18-20(26)24(13-14-30-18)16-7-9-17(10-8-16)33(28,29)23-11-5-6-12-23/h7-10,18-19H,5-6,11-14H2,1-4H3/t18-,19-/m1/s1. The first-order valence-electron chi connectivity index (χ1n) is 10.8. The Morgan fingerprint density at radius 3 is 2.24 bits per heavy atom. The van der Waals surface area contributed by atoms with Crippen LogP contribution in [-0.2, 0) is 38.6 Å². The molecule has 2 atom stereocenters. The van der Waals surface area contributed by atoms with E-state index in [4.69, 9.17) is 14.2 Å². The van der Waals surface area contributed by atoms with Gasteiger partial charge in [-0.15, -0.1) is 0 Å². The Bertz CT molecular complexity index is 994. The van der Waals surface area contributed by atoms with Gasteiger partial charge >= 0.3 is 11.9 Å². The predicted octanol–water partition coefficient (Wildman–Crippen LogP) is 1.48. The van der Waals surface area contributed by atoms with Crippen LogP contribution in [0, 0.1) is 0 Å². The highest BCUT2D eigenvalue weighted by molar-refractivity contribution is 7.89. The van der Waals surface area contributed by atoms with E-state index in [-0.39, 0.29) is 18.0 Å². The predicted molar refractivity (Wildman–Crippen MR) is 118 cm³/mol. The van der Waals surface area contributed by atoms with E-state index in [0.717, 1.165) is 19.8 Å². The summed E-state index contributed by atoms with van der Waals surface area (Å²) < 4.78 is 42.9. The van der Waals surface area contributed by atoms with Crippen molar-refractivity contribution in [3.63, 3.8) is 0 Å². The second-order valence-corrected chi connectivity index (χ2v) is 10.9. The van der Waals surface area contributed by atoms with Gasteiger partial charge in [-0.3, -0.25) is 9.59 Å². The van der Waals surface area contributed by atoms with Gasteiger partial charge in [-0.25, -0.2) is 13.2 Å². The number of benzene rings is 1. The quantitative estimate of drug-likeness (QED) is 0.559. The Hall–Kier alpha value is -2.50. The summed E-state index contributed by atoms with van der Waals surface area (Å²) in [5.74, 6) is -2.23. The average Bonchev–Trinajstić information content (AvgIpc) is 3.27. The number of hydrogen-bond acceptors (Lipinski definition) is 8. The summed E-state index contributed by atoms with van der Waals surface area (Å²) in [6.07, 6.45) is -1.28. The molecule has 2 aliphatic rings. The van der Waals surface area contributed by atoms with Crippen molar-refractivity contribution in [3.05, 3.63) is 24.3 Å². The van der Waals surface area contributed by atoms with Crippen molar-refractivity contribution in [2.45, 2.75) is 63.2 Å². The van der Waals surface area contributed by atoms with Crippen LogP contribution >= 0.6 is 0 Å². The summed E-state index contributed by atoms with van der Waals surface area (Å²) in [7, 11) is -3.58. The monoisotopic (exact) mass is 482 g/mol. The van der Waals surface area contributed by atoms with E-state index < -0.39 is 45.7 Å². The molecule has 0 aromatic heterocycles. The molecule has 0 radical (unpaired) electrons. The molecular formula is C22H30N2O8S. The summed E-state index contributed by atoms with van der Waals surface area (Å²) in [6, 6.07) is 5.99. The maximum Gasteiger partial charge on any atom is 0.351 e. The normalized spacial score (nSPS) is 21.0. The van der Waals surface area contributed by atoms with Gasteiger partial charge in [0.15, 0.2) is 6.10 Å². The fourth-order valence-corrected chi connectivity index (χ4v) is 5.24. The van der Waals surface area contributed by atoms with Crippen LogP contribution in [0.4, 0.5) is 5.69 Å². The second kappa shape index (κ2) is 9.78. The molecule has 1 aromatic carbocycles. The molecule has 2 fully saturated rings. The number of anilines is 1. The van der Waals surface area contributed by atoms with Crippen LogP contribution in [0.15, 0.2) is 29.2 Å². The van der Waals surface area contributed by atoms with E-state index in [9.17, 15) is 22.8 Å². The molecule has 2 heterocycles. The van der Waals surface area contributed by atoms with Gasteiger partial charge in [0.2, 0.25) is 16.1 Å². The van der Waals surface area contributed by atoms with E-state index in [1.54, 1.807) is 20.8 Å². The number of hydrogen-bond donors (Lipinski definition) is 0. The summed E-state index contributed by atoms with van der Waals surface area (Å²) in [5.41, 5.74) is -0.414. The maximum atomic E-state index is 13.2. The van der Waals surface area contributed by atoms with Gasteiger partial charge in [-0.05, 0) is 57.9 Å². The minimum atomic E-state index is -3.58. The highest BCUT2D eigenvalue weighted by atomic mass is 32.2. The van der Waals surface area contributed by atoms with Crippen LogP contribution < -0.4 is 4.90 Å². The van der Waals surface area contributed by atoms with Gasteiger partial charge in [-0.2, -0.15) is 4.31 Å². The third kappa shape index (κ3) is 5.90. The van der Waals surface area contributed by atoms with Crippen molar-refractivity contribution in [2.24, 2.45) is 0 Å². The van der Waals surface area contributed by atoms with E-state index >= 15 is 0 Å². The van der Waals surface area contributed by atoms with Gasteiger partial charge in [-0.1, -0.05) is 0 Å². The molecular weight excluding hydrogens is 452 g/mol. The Labute approximate surface area is 193 Å². The molecule has 182 valence electrons. The first-order valence-corrected chi connectivity index (χ1v) is 12.3. The smallest absolute Gasteiger partial charge is 0.351 e. The fourth-order valence-electron chi connectivity index (χ4n) is 3.73. The number of ether oxygens (including phenoxy) is 3. The molecule has 1 aromatic rings. The van der Waals surface area contributed by atoms with Crippen LogP contribution in [-0.4, -0.2) is 74.6 Å². The number of nitrogens with zero attached hydrogens (tertiary/aromatic N) is 2. The fraction of sp³-hybridized carbons (Fsp3) is 0.591. The van der Waals surface area contributed by atoms with Crippen LogP contribution in [0.3, 0.4) is 0 Å². The molecule has 2 saturated heterocycles. The molecule has 0 bridgehead atoms. The number of amides is 1. The lowest BCUT2D eigenvalue weighted by Crippen LogP contribution is -2.56. The minimum Gasteiger partial charge on any atom is -0.457 e. The number of carbonyl (C=O) groups is 3. The molecule has 0 aliphatic carbocycles. The number of sulfonamides is 1. The van der Waals surface area contributed by atoms with Crippen molar-refractivity contribution in [1.82, 2.24) is 4.31 Å². The third-order valence-corrected chi connectivity index (χ3v) is 7.09. The highest BCUT2D eigenvalue weighted by Gasteiger charge is 2.44. The van der Waals surface area contributed by atoms with Crippen molar-refractivity contribution in [3.8, 4) is 0 Å². The lowest BCUT2D eigenvalue weighted by Gasteiger charge is -2.35. The molecule has 10 nitrogen and oxygen atoms in total. The lowest BCUT2D eigenvalue weighted by atomic mass is 10.1. The molecule has 11 heteroatoms. The number of esters is 2. The summed E-state index contributed by atoms with van der Waals surface area (Å²) >= 11 is 0. The van der Waals surface area contributed by atoms with Crippen LogP contribution in [0.2, 0.25) is 0 Å². The van der Waals surface area contributed by atoms with E-state index in [2.05, 4.69) is 0 Å². The number of carbonyl (C=O) groups excluding carboxylic acids is 3. The zero-order valence-corrected chi connectivity index (χ0v) is 20.1. The van der Waals surface area contributed by atoms with Crippen molar-refractivity contribution >= 4 is 33.6 Å². The molecule has 0 N–H and O–H groups in total. The maximum absolute atomic E-state index is 13.2. The molecule has 0 unspecified atom stereocenters. The Balaban J connectivity index is 1.81. The van der Waals surface area contributed by atoms with Crippen LogP contribution in [0.5, 0.6) is 0 Å². The zero-order valence-electron chi connectivity index (χ0n) is 19.3. The first-order chi connectivity index (χ1) is 15.4. The Kier molecular flexibility index (Phi) is 7.45. The molecule has 0 spiro atoms. The Morgan fingerprint density at radius 1 is 1.09 bits per heavy atom. The largest absolute Gasteiger partial charge is 0.457 e. The summed E-state index contributed by atoms with van der Waals surface area (Å²) in [6.45, 7) is 7.36.